The minimum Gasteiger partial charge on any atom is -0.393 e. The Morgan fingerprint density at radius 2 is 1.83 bits per heavy atom. The molecule has 100 valence electrons. The van der Waals surface area contributed by atoms with Gasteiger partial charge in [0.2, 0.25) is 0 Å². The van der Waals surface area contributed by atoms with Crippen LogP contribution in [0.3, 0.4) is 0 Å². The quantitative estimate of drug-likeness (QED) is 0.833. The zero-order valence-corrected chi connectivity index (χ0v) is 12.2. The Hall–Kier alpha value is -0.820. The molecule has 2 rings (SSSR count). The van der Waals surface area contributed by atoms with Crippen LogP contribution < -0.4 is 0 Å². The zero-order valence-electron chi connectivity index (χ0n) is 12.2. The molecule has 0 radical (unpaired) electrons. The molecule has 2 unspecified atom stereocenters. The van der Waals surface area contributed by atoms with Gasteiger partial charge < -0.3 is 5.11 Å². The van der Waals surface area contributed by atoms with E-state index < -0.39 is 0 Å². The third-order valence-corrected chi connectivity index (χ3v) is 4.26. The summed E-state index contributed by atoms with van der Waals surface area (Å²) in [7, 11) is 0. The van der Waals surface area contributed by atoms with Gasteiger partial charge in [-0.15, -0.1) is 0 Å². The predicted molar refractivity (Wildman–Crippen MR) is 76.8 cm³/mol. The first-order chi connectivity index (χ1) is 8.28. The van der Waals surface area contributed by atoms with Gasteiger partial charge in [0.15, 0.2) is 0 Å². The molecular formula is C17H26O. The van der Waals surface area contributed by atoms with E-state index in [2.05, 4.69) is 52.0 Å². The number of aliphatic hydroxyl groups is 1. The van der Waals surface area contributed by atoms with Gasteiger partial charge in [0.1, 0.15) is 0 Å². The summed E-state index contributed by atoms with van der Waals surface area (Å²) in [4.78, 5) is 0. The monoisotopic (exact) mass is 246 g/mol. The summed E-state index contributed by atoms with van der Waals surface area (Å²) in [5.41, 5.74) is 3.32. The molecule has 0 bridgehead atoms. The minimum absolute atomic E-state index is 0.0798. The smallest absolute Gasteiger partial charge is 0.0545 e. The lowest BCUT2D eigenvalue weighted by molar-refractivity contribution is 0.163. The van der Waals surface area contributed by atoms with Gasteiger partial charge in [-0.1, -0.05) is 52.0 Å². The fourth-order valence-electron chi connectivity index (χ4n) is 3.06. The number of benzene rings is 1. The second kappa shape index (κ2) is 4.70. The van der Waals surface area contributed by atoms with Crippen LogP contribution in [-0.4, -0.2) is 11.2 Å². The molecule has 0 aliphatic heterocycles. The number of hydrogen-bond acceptors (Lipinski definition) is 1. The first kappa shape index (κ1) is 13.6. The Labute approximate surface area is 111 Å². The van der Waals surface area contributed by atoms with Crippen molar-refractivity contribution < 1.29 is 5.11 Å². The highest BCUT2D eigenvalue weighted by Crippen LogP contribution is 2.40. The summed E-state index contributed by atoms with van der Waals surface area (Å²) in [6, 6.07) is 9.03. The molecule has 1 N–H and O–H groups in total. The van der Waals surface area contributed by atoms with Gasteiger partial charge in [0.25, 0.3) is 0 Å². The Morgan fingerprint density at radius 3 is 2.28 bits per heavy atom. The second-order valence-electron chi connectivity index (χ2n) is 7.33. The normalized spacial score (nSPS) is 28.6. The Morgan fingerprint density at radius 1 is 1.22 bits per heavy atom. The molecule has 0 aromatic heterocycles. The second-order valence-corrected chi connectivity index (χ2v) is 7.33. The third kappa shape index (κ3) is 3.14. The van der Waals surface area contributed by atoms with Crippen molar-refractivity contribution in [2.24, 2.45) is 5.41 Å². The molecule has 0 saturated heterocycles. The average molecular weight is 246 g/mol. The van der Waals surface area contributed by atoms with E-state index in [0.717, 1.165) is 25.7 Å². The molecule has 2 atom stereocenters. The van der Waals surface area contributed by atoms with E-state index >= 15 is 0 Å². The highest BCUT2D eigenvalue weighted by atomic mass is 16.3. The standard InChI is InChI=1S/C17H26O/c1-16(2,3)14-7-5-13(6-8-14)11-17(4)10-9-15(18)12-17/h5-8,15,18H,9-12H2,1-4H3. The molecule has 1 aromatic carbocycles. The first-order valence-electron chi connectivity index (χ1n) is 7.06. The molecule has 1 fully saturated rings. The summed E-state index contributed by atoms with van der Waals surface area (Å²) in [5.74, 6) is 0. The molecule has 18 heavy (non-hydrogen) atoms. The summed E-state index contributed by atoms with van der Waals surface area (Å²) in [6.07, 6.45) is 4.08. The summed E-state index contributed by atoms with van der Waals surface area (Å²) in [5, 5.41) is 9.69. The fraction of sp³-hybridized carbons (Fsp3) is 0.647. The molecule has 1 heteroatoms. The van der Waals surface area contributed by atoms with Crippen molar-refractivity contribution in [3.8, 4) is 0 Å². The van der Waals surface area contributed by atoms with Crippen LogP contribution in [0.2, 0.25) is 0 Å². The Kier molecular flexibility index (Phi) is 3.55. The van der Waals surface area contributed by atoms with Gasteiger partial charge in [-0.05, 0) is 47.6 Å². The van der Waals surface area contributed by atoms with Crippen molar-refractivity contribution in [3.05, 3.63) is 35.4 Å². The molecule has 0 amide bonds. The van der Waals surface area contributed by atoms with E-state index in [1.54, 1.807) is 0 Å². The summed E-state index contributed by atoms with van der Waals surface area (Å²) >= 11 is 0. The van der Waals surface area contributed by atoms with E-state index in [9.17, 15) is 5.11 Å². The van der Waals surface area contributed by atoms with Crippen LogP contribution >= 0.6 is 0 Å². The van der Waals surface area contributed by atoms with Crippen molar-refractivity contribution in [3.63, 3.8) is 0 Å². The highest BCUT2D eigenvalue weighted by molar-refractivity contribution is 5.28. The molecule has 1 nitrogen and oxygen atoms in total. The van der Waals surface area contributed by atoms with Crippen LogP contribution in [0.5, 0.6) is 0 Å². The maximum atomic E-state index is 9.69. The summed E-state index contributed by atoms with van der Waals surface area (Å²) < 4.78 is 0. The van der Waals surface area contributed by atoms with Crippen molar-refractivity contribution in [2.75, 3.05) is 0 Å². The minimum atomic E-state index is -0.0798. The molecule has 1 aliphatic rings. The van der Waals surface area contributed by atoms with E-state index in [-0.39, 0.29) is 11.5 Å². The van der Waals surface area contributed by atoms with Gasteiger partial charge in [0, 0.05) is 0 Å². The van der Waals surface area contributed by atoms with E-state index in [0.29, 0.717) is 5.41 Å². The average Bonchev–Trinajstić information content (AvgIpc) is 2.58. The molecule has 0 heterocycles. The lowest BCUT2D eigenvalue weighted by Crippen LogP contribution is -2.17. The predicted octanol–water partition coefficient (Wildman–Crippen LogP) is 4.08. The van der Waals surface area contributed by atoms with Gasteiger partial charge in [0.05, 0.1) is 6.10 Å². The van der Waals surface area contributed by atoms with Crippen LogP contribution in [0, 0.1) is 5.41 Å². The van der Waals surface area contributed by atoms with Crippen molar-refractivity contribution in [2.45, 2.75) is 64.9 Å². The van der Waals surface area contributed by atoms with E-state index in [1.807, 2.05) is 0 Å². The van der Waals surface area contributed by atoms with Gasteiger partial charge >= 0.3 is 0 Å². The Bertz CT molecular complexity index is 399. The SMILES string of the molecule is CC1(Cc2ccc(C(C)(C)C)cc2)CCC(O)C1. The maximum Gasteiger partial charge on any atom is 0.0545 e. The number of rotatable bonds is 2. The van der Waals surface area contributed by atoms with Crippen LogP contribution in [0.4, 0.5) is 0 Å². The Balaban J connectivity index is 2.07. The fourth-order valence-corrected chi connectivity index (χ4v) is 3.06. The highest BCUT2D eigenvalue weighted by Gasteiger charge is 2.34. The van der Waals surface area contributed by atoms with Crippen molar-refractivity contribution >= 4 is 0 Å². The van der Waals surface area contributed by atoms with E-state index in [4.69, 9.17) is 0 Å². The lowest BCUT2D eigenvalue weighted by atomic mass is 9.81. The topological polar surface area (TPSA) is 20.2 Å². The van der Waals surface area contributed by atoms with Gasteiger partial charge in [-0.25, -0.2) is 0 Å². The van der Waals surface area contributed by atoms with Crippen LogP contribution in [-0.2, 0) is 11.8 Å². The van der Waals surface area contributed by atoms with Crippen molar-refractivity contribution in [1.29, 1.82) is 0 Å². The van der Waals surface area contributed by atoms with Crippen molar-refractivity contribution in [1.82, 2.24) is 0 Å². The number of aliphatic hydroxyl groups excluding tert-OH is 1. The molecular weight excluding hydrogens is 220 g/mol. The lowest BCUT2D eigenvalue weighted by Gasteiger charge is -2.24. The van der Waals surface area contributed by atoms with Crippen LogP contribution in [0.15, 0.2) is 24.3 Å². The molecule has 1 saturated carbocycles. The zero-order chi connectivity index (χ0) is 13.4. The third-order valence-electron chi connectivity index (χ3n) is 4.26. The van der Waals surface area contributed by atoms with Gasteiger partial charge in [-0.3, -0.25) is 0 Å². The van der Waals surface area contributed by atoms with Crippen LogP contribution in [0.25, 0.3) is 0 Å². The summed E-state index contributed by atoms with van der Waals surface area (Å²) in [6.45, 7) is 9.05. The molecule has 0 spiro atoms. The molecule has 1 aliphatic carbocycles. The first-order valence-corrected chi connectivity index (χ1v) is 7.06. The van der Waals surface area contributed by atoms with Crippen LogP contribution in [0.1, 0.15) is 58.1 Å². The van der Waals surface area contributed by atoms with E-state index in [1.165, 1.54) is 11.1 Å². The maximum absolute atomic E-state index is 9.69. The van der Waals surface area contributed by atoms with Gasteiger partial charge in [-0.2, -0.15) is 0 Å². The largest absolute Gasteiger partial charge is 0.393 e. The molecule has 1 aromatic rings. The number of hydrogen-bond donors (Lipinski definition) is 1.